The molecule has 168 valence electrons. The molecule has 3 rings (SSSR count). The number of imide groups is 1. The number of nitrogens with zero attached hydrogens (tertiary/aromatic N) is 2. The minimum absolute atomic E-state index is 0.0732. The molecule has 31 heavy (non-hydrogen) atoms. The van der Waals surface area contributed by atoms with Crippen molar-refractivity contribution in [2.24, 2.45) is 5.92 Å². The summed E-state index contributed by atoms with van der Waals surface area (Å²) in [7, 11) is 0. The van der Waals surface area contributed by atoms with Gasteiger partial charge in [-0.1, -0.05) is 15.9 Å². The van der Waals surface area contributed by atoms with Crippen LogP contribution in [0.15, 0.2) is 22.7 Å². The Kier molecular flexibility index (Phi) is 7.03. The second-order valence-corrected chi connectivity index (χ2v) is 8.50. The summed E-state index contributed by atoms with van der Waals surface area (Å²) in [5.41, 5.74) is 0.685. The van der Waals surface area contributed by atoms with Crippen molar-refractivity contribution in [1.82, 2.24) is 15.1 Å². The molecule has 2 aliphatic heterocycles. The van der Waals surface area contributed by atoms with Gasteiger partial charge in [-0.25, -0.2) is 0 Å². The summed E-state index contributed by atoms with van der Waals surface area (Å²) >= 11 is 3.27. The molecule has 0 saturated carbocycles. The first-order valence-corrected chi connectivity index (χ1v) is 10.7. The third kappa shape index (κ3) is 5.44. The van der Waals surface area contributed by atoms with Crippen LogP contribution in [-0.4, -0.2) is 65.8 Å². The molecule has 1 aromatic carbocycles. The van der Waals surface area contributed by atoms with Gasteiger partial charge >= 0.3 is 12.1 Å². The van der Waals surface area contributed by atoms with Gasteiger partial charge in [0.05, 0.1) is 11.1 Å². The highest BCUT2D eigenvalue weighted by Crippen LogP contribution is 2.26. The van der Waals surface area contributed by atoms with Crippen LogP contribution in [0, 0.1) is 5.92 Å². The minimum atomic E-state index is -4.90. The molecule has 1 saturated heterocycles. The molecule has 7 nitrogen and oxygen atoms in total. The molecule has 1 fully saturated rings. The standard InChI is InChI=1S/C20H21BrF3N3O4/c21-13-3-4-14-15(10-13)18(30)27(17(14)29)7-1-2-16(28)26-8-5-12(6-9-26)11-25-19(31)20(22,23)24/h3-4,10,12H,1-2,5-9,11H2,(H,25,31). The quantitative estimate of drug-likeness (QED) is 0.604. The molecule has 1 aromatic rings. The summed E-state index contributed by atoms with van der Waals surface area (Å²) in [6, 6.07) is 4.88. The predicted octanol–water partition coefficient (Wildman–Crippen LogP) is 2.74. The second-order valence-electron chi connectivity index (χ2n) is 7.59. The lowest BCUT2D eigenvalue weighted by Crippen LogP contribution is -2.44. The molecular weight excluding hydrogens is 483 g/mol. The average molecular weight is 504 g/mol. The van der Waals surface area contributed by atoms with Gasteiger partial charge in [0.15, 0.2) is 0 Å². The molecule has 0 aromatic heterocycles. The fraction of sp³-hybridized carbons (Fsp3) is 0.500. The molecule has 11 heteroatoms. The van der Waals surface area contributed by atoms with E-state index in [0.717, 1.165) is 4.90 Å². The number of benzene rings is 1. The van der Waals surface area contributed by atoms with Gasteiger partial charge < -0.3 is 10.2 Å². The number of nitrogens with one attached hydrogen (secondary N) is 1. The lowest BCUT2D eigenvalue weighted by atomic mass is 9.96. The smallest absolute Gasteiger partial charge is 0.348 e. The first-order chi connectivity index (χ1) is 14.6. The topological polar surface area (TPSA) is 86.8 Å². The molecule has 0 radical (unpaired) electrons. The summed E-state index contributed by atoms with van der Waals surface area (Å²) in [5.74, 6) is -2.95. The molecule has 0 bridgehead atoms. The number of amides is 4. The zero-order valence-corrected chi connectivity index (χ0v) is 18.1. The van der Waals surface area contributed by atoms with Crippen molar-refractivity contribution in [2.45, 2.75) is 31.9 Å². The fourth-order valence-electron chi connectivity index (χ4n) is 3.74. The monoisotopic (exact) mass is 503 g/mol. The van der Waals surface area contributed by atoms with E-state index in [1.54, 1.807) is 23.1 Å². The Balaban J connectivity index is 1.40. The molecule has 1 N–H and O–H groups in total. The van der Waals surface area contributed by atoms with Crippen molar-refractivity contribution >= 4 is 39.6 Å². The highest BCUT2D eigenvalue weighted by atomic mass is 79.9. The maximum atomic E-state index is 12.4. The van der Waals surface area contributed by atoms with Crippen LogP contribution in [-0.2, 0) is 9.59 Å². The number of carbonyl (C=O) groups excluding carboxylic acids is 4. The van der Waals surface area contributed by atoms with Gasteiger partial charge in [0, 0.05) is 37.1 Å². The number of likely N-dealkylation sites (tertiary alicyclic amines) is 1. The summed E-state index contributed by atoms with van der Waals surface area (Å²) in [6.45, 7) is 0.852. The molecule has 0 atom stereocenters. The van der Waals surface area contributed by atoms with Crippen molar-refractivity contribution in [1.29, 1.82) is 0 Å². The van der Waals surface area contributed by atoms with Gasteiger partial charge in [0.25, 0.3) is 11.8 Å². The van der Waals surface area contributed by atoms with E-state index in [9.17, 15) is 32.3 Å². The zero-order chi connectivity index (χ0) is 22.8. The zero-order valence-electron chi connectivity index (χ0n) is 16.5. The number of piperidine rings is 1. The van der Waals surface area contributed by atoms with E-state index < -0.39 is 12.1 Å². The molecule has 2 heterocycles. The lowest BCUT2D eigenvalue weighted by Gasteiger charge is -2.32. The Bertz CT molecular complexity index is 898. The number of carbonyl (C=O) groups is 4. The maximum Gasteiger partial charge on any atom is 0.471 e. The highest BCUT2D eigenvalue weighted by molar-refractivity contribution is 9.10. The van der Waals surface area contributed by atoms with Crippen molar-refractivity contribution in [2.75, 3.05) is 26.2 Å². The molecule has 0 spiro atoms. The van der Waals surface area contributed by atoms with Crippen LogP contribution >= 0.6 is 15.9 Å². The Morgan fingerprint density at radius 2 is 1.74 bits per heavy atom. The number of hydrogen-bond donors (Lipinski definition) is 1. The van der Waals surface area contributed by atoms with Gasteiger partial charge in [-0.2, -0.15) is 13.2 Å². The fourth-order valence-corrected chi connectivity index (χ4v) is 4.10. The van der Waals surface area contributed by atoms with Crippen LogP contribution in [0.25, 0.3) is 0 Å². The number of rotatable bonds is 6. The van der Waals surface area contributed by atoms with Crippen molar-refractivity contribution in [3.63, 3.8) is 0 Å². The summed E-state index contributed by atoms with van der Waals surface area (Å²) in [4.78, 5) is 50.9. The summed E-state index contributed by atoms with van der Waals surface area (Å²) in [6.07, 6.45) is -3.42. The Morgan fingerprint density at radius 1 is 1.10 bits per heavy atom. The number of fused-ring (bicyclic) bond motifs is 1. The first kappa shape index (κ1) is 23.2. The minimum Gasteiger partial charge on any atom is -0.348 e. The van der Waals surface area contributed by atoms with Gasteiger partial charge in [-0.05, 0) is 43.4 Å². The summed E-state index contributed by atoms with van der Waals surface area (Å²) < 4.78 is 37.4. The van der Waals surface area contributed by atoms with Crippen LogP contribution < -0.4 is 5.32 Å². The van der Waals surface area contributed by atoms with Crippen molar-refractivity contribution in [3.05, 3.63) is 33.8 Å². The first-order valence-electron chi connectivity index (χ1n) is 9.86. The van der Waals surface area contributed by atoms with E-state index in [1.807, 2.05) is 5.32 Å². The second kappa shape index (κ2) is 9.37. The van der Waals surface area contributed by atoms with E-state index >= 15 is 0 Å². The van der Waals surface area contributed by atoms with Crippen LogP contribution in [0.1, 0.15) is 46.4 Å². The predicted molar refractivity (Wildman–Crippen MR) is 107 cm³/mol. The van der Waals surface area contributed by atoms with Gasteiger partial charge in [-0.15, -0.1) is 0 Å². The van der Waals surface area contributed by atoms with Crippen LogP contribution in [0.2, 0.25) is 0 Å². The van der Waals surface area contributed by atoms with E-state index in [1.165, 1.54) is 0 Å². The number of alkyl halides is 3. The highest BCUT2D eigenvalue weighted by Gasteiger charge is 2.39. The van der Waals surface area contributed by atoms with E-state index in [-0.39, 0.29) is 43.1 Å². The van der Waals surface area contributed by atoms with Gasteiger partial charge in [0.1, 0.15) is 0 Å². The normalized spacial score (nSPS) is 17.2. The molecule has 0 unspecified atom stereocenters. The van der Waals surface area contributed by atoms with E-state index in [4.69, 9.17) is 0 Å². The Morgan fingerprint density at radius 3 is 2.39 bits per heavy atom. The largest absolute Gasteiger partial charge is 0.471 e. The number of hydrogen-bond acceptors (Lipinski definition) is 4. The van der Waals surface area contributed by atoms with E-state index in [2.05, 4.69) is 15.9 Å². The molecular formula is C20H21BrF3N3O4. The Labute approximate surface area is 185 Å². The van der Waals surface area contributed by atoms with E-state index in [0.29, 0.717) is 48.0 Å². The van der Waals surface area contributed by atoms with Crippen LogP contribution in [0.4, 0.5) is 13.2 Å². The van der Waals surface area contributed by atoms with Crippen molar-refractivity contribution in [3.8, 4) is 0 Å². The average Bonchev–Trinajstić information content (AvgIpc) is 2.95. The molecule has 2 aliphatic rings. The molecule has 4 amide bonds. The maximum absolute atomic E-state index is 12.4. The van der Waals surface area contributed by atoms with Crippen LogP contribution in [0.3, 0.4) is 0 Å². The van der Waals surface area contributed by atoms with Gasteiger partial charge in [-0.3, -0.25) is 24.1 Å². The Hall–Kier alpha value is -2.43. The molecule has 0 aliphatic carbocycles. The summed E-state index contributed by atoms with van der Waals surface area (Å²) in [5, 5.41) is 1.88. The van der Waals surface area contributed by atoms with Crippen LogP contribution in [0.5, 0.6) is 0 Å². The third-order valence-corrected chi connectivity index (χ3v) is 5.97. The lowest BCUT2D eigenvalue weighted by molar-refractivity contribution is -0.173. The SMILES string of the molecule is O=C(CCCN1C(=O)c2ccc(Br)cc2C1=O)N1CCC(CNC(=O)C(F)(F)F)CC1. The number of halogens is 4. The van der Waals surface area contributed by atoms with Crippen molar-refractivity contribution < 1.29 is 32.3 Å². The van der Waals surface area contributed by atoms with Gasteiger partial charge in [0.2, 0.25) is 5.91 Å². The third-order valence-electron chi connectivity index (χ3n) is 5.48.